The molecule has 0 atom stereocenters. The van der Waals surface area contributed by atoms with Gasteiger partial charge in [0, 0.05) is 150 Å². The van der Waals surface area contributed by atoms with Crippen LogP contribution in [0.1, 0.15) is 179 Å². The monoisotopic (exact) mass is 1840 g/mol. The Kier molecular flexibility index (Phi) is 30.9. The van der Waals surface area contributed by atoms with E-state index in [1.807, 2.05) is 139 Å². The van der Waals surface area contributed by atoms with Crippen LogP contribution in [0.4, 0.5) is 43.3 Å². The van der Waals surface area contributed by atoms with Crippen LogP contribution in [-0.2, 0) is 30.9 Å². The maximum atomic E-state index is 13.5. The lowest BCUT2D eigenvalue weighted by molar-refractivity contribution is 0.0726. The first kappa shape index (κ1) is 94.0. The number of imidazole rings is 4. The van der Waals surface area contributed by atoms with Gasteiger partial charge in [-0.15, -0.1) is 22.7 Å². The van der Waals surface area contributed by atoms with E-state index in [2.05, 4.69) is 152 Å². The zero-order chi connectivity index (χ0) is 86.3. The number of nitrogens with one attached hydrogen (secondary N) is 8. The van der Waals surface area contributed by atoms with Crippen LogP contribution in [0.25, 0.3) is 67.6 Å². The lowest BCUT2D eigenvalue weighted by atomic mass is 10.0. The van der Waals surface area contributed by atoms with E-state index in [0.29, 0.717) is 37.1 Å². The number of carbonyl (C=O) groups excluding carboxylic acids is 2. The number of nitrogens with zero attached hydrogens (tertiary/aromatic N) is 24. The molecular weight excluding hydrogens is 1720 g/mol. The molecule has 0 saturated carbocycles. The summed E-state index contributed by atoms with van der Waals surface area (Å²) in [6.07, 6.45) is 43.5. The second-order valence-electron chi connectivity index (χ2n) is 32.7. The largest absolute Gasteiger partial charge is 0.383 e. The van der Waals surface area contributed by atoms with Crippen molar-refractivity contribution in [1.82, 2.24) is 136 Å². The zero-order valence-electron chi connectivity index (χ0n) is 72.0. The fourth-order valence-electron chi connectivity index (χ4n) is 17.4. The van der Waals surface area contributed by atoms with Gasteiger partial charge < -0.3 is 35.8 Å². The van der Waals surface area contributed by atoms with E-state index in [-0.39, 0.29) is 41.5 Å². The van der Waals surface area contributed by atoms with Gasteiger partial charge >= 0.3 is 0 Å². The normalized spacial score (nSPS) is 15.5. The van der Waals surface area contributed by atoms with Gasteiger partial charge in [0.25, 0.3) is 11.8 Å². The number of ether oxygens (including phenoxy) is 1. The van der Waals surface area contributed by atoms with Gasteiger partial charge in [0.05, 0.1) is 133 Å². The van der Waals surface area contributed by atoms with Crippen molar-refractivity contribution in [3.63, 3.8) is 0 Å². The average molecular weight is 1840 g/mol. The molecule has 5 saturated heterocycles. The molecule has 0 aromatic carbocycles. The highest BCUT2D eigenvalue weighted by atomic mass is 32.1. The summed E-state index contributed by atoms with van der Waals surface area (Å²) in [6, 6.07) is 9.99. The van der Waals surface area contributed by atoms with Crippen molar-refractivity contribution in [2.24, 2.45) is 0 Å². The summed E-state index contributed by atoms with van der Waals surface area (Å²) in [7, 11) is 3.76. The van der Waals surface area contributed by atoms with Crippen LogP contribution in [0.3, 0.4) is 0 Å². The summed E-state index contributed by atoms with van der Waals surface area (Å²) in [6.45, 7) is 24.3. The summed E-state index contributed by atoms with van der Waals surface area (Å²) < 4.78 is 22.5. The molecule has 0 spiro atoms. The number of amides is 2. The number of H-pyrrole nitrogens is 4. The molecule has 686 valence electrons. The summed E-state index contributed by atoms with van der Waals surface area (Å²) >= 11 is 5.95. The highest BCUT2D eigenvalue weighted by molar-refractivity contribution is 7.18. The highest BCUT2D eigenvalue weighted by Crippen LogP contribution is 2.41. The SMILES string of the molecule is C.C.C.C.CCN(CC)C(=O)c1sc(Nc2nc(C)cn3c(-c4cn[nH]c4)cnc23)cc1CN1CCCC1.COCCN(C)Cc1cc(Nc2nc(C)cn3c(-c4cn[nH]c4)cnc23)sn1.Cc1cn2c(-c3cn[nH]c3)cnc2c(Nc2cc(CN3C4CCC3CC4)ns2)n1.Cc1cn2c(-c3cn[nH]c3)cnc2c(Nc2cc(CN3CCCC3)c(C(=O)N3CCCCC3)s2)n1. The van der Waals surface area contributed by atoms with E-state index in [9.17, 15) is 9.59 Å². The fraction of sp³-hybridized carbons (Fsp3) is 0.429. The van der Waals surface area contributed by atoms with Gasteiger partial charge in [-0.1, -0.05) is 29.7 Å². The Morgan fingerprint density at radius 1 is 0.462 bits per heavy atom. The maximum Gasteiger partial charge on any atom is 0.264 e. The van der Waals surface area contributed by atoms with Gasteiger partial charge in [-0.3, -0.25) is 67.2 Å². The summed E-state index contributed by atoms with van der Waals surface area (Å²) in [5, 5.41) is 45.2. The van der Waals surface area contributed by atoms with Crippen LogP contribution >= 0.6 is 45.7 Å². The molecular formula is C91H120N32O3S4. The lowest BCUT2D eigenvalue weighted by Crippen LogP contribution is -2.35. The Labute approximate surface area is 773 Å². The Balaban J connectivity index is 0.000000139. The van der Waals surface area contributed by atoms with E-state index in [4.69, 9.17) is 19.1 Å². The summed E-state index contributed by atoms with van der Waals surface area (Å²) in [5.74, 6) is 3.08. The van der Waals surface area contributed by atoms with Gasteiger partial charge in [-0.2, -0.15) is 29.1 Å². The number of anilines is 8. The average Bonchev–Trinajstić information content (AvgIpc) is 1.64. The number of likely N-dealkylation sites (tertiary alicyclic amines) is 3. The molecule has 35 nitrogen and oxygen atoms in total. The molecule has 21 rings (SSSR count). The van der Waals surface area contributed by atoms with Crippen molar-refractivity contribution in [3.8, 4) is 45.0 Å². The Morgan fingerprint density at radius 2 is 0.823 bits per heavy atom. The predicted octanol–water partition coefficient (Wildman–Crippen LogP) is 17.8. The van der Waals surface area contributed by atoms with Crippen molar-refractivity contribution in [2.45, 2.75) is 180 Å². The van der Waals surface area contributed by atoms with Crippen LogP contribution in [0.5, 0.6) is 0 Å². The molecule has 2 bridgehead atoms. The van der Waals surface area contributed by atoms with Gasteiger partial charge in [0.2, 0.25) is 0 Å². The number of carbonyl (C=O) groups is 2. The number of methoxy groups -OCH3 is 1. The van der Waals surface area contributed by atoms with Crippen LogP contribution in [0.15, 0.2) is 123 Å². The summed E-state index contributed by atoms with van der Waals surface area (Å²) in [5.41, 5.74) is 18.6. The topological polar surface area (TPSA) is 372 Å². The first-order chi connectivity index (χ1) is 61.6. The Hall–Kier alpha value is -12.1. The van der Waals surface area contributed by atoms with Crippen molar-refractivity contribution in [3.05, 3.63) is 178 Å². The molecule has 39 heteroatoms. The van der Waals surface area contributed by atoms with E-state index in [1.165, 1.54) is 104 Å². The van der Waals surface area contributed by atoms with Crippen LogP contribution in [-0.4, -0.2) is 240 Å². The Morgan fingerprint density at radius 3 is 1.20 bits per heavy atom. The minimum atomic E-state index is 0. The molecule has 5 aliphatic heterocycles. The lowest BCUT2D eigenvalue weighted by Gasteiger charge is -2.27. The number of aromatic nitrogens is 22. The number of likely N-dealkylation sites (N-methyl/N-ethyl adjacent to an activating group) is 1. The molecule has 5 fully saturated rings. The molecule has 16 aromatic rings. The number of fused-ring (bicyclic) bond motifs is 6. The van der Waals surface area contributed by atoms with Crippen LogP contribution in [0.2, 0.25) is 0 Å². The van der Waals surface area contributed by atoms with Crippen molar-refractivity contribution < 1.29 is 14.3 Å². The number of piperidine rings is 1. The molecule has 130 heavy (non-hydrogen) atoms. The molecule has 5 aliphatic rings. The molecule has 16 aromatic heterocycles. The van der Waals surface area contributed by atoms with E-state index >= 15 is 0 Å². The molecule has 0 radical (unpaired) electrons. The third-order valence-electron chi connectivity index (χ3n) is 23.7. The van der Waals surface area contributed by atoms with Gasteiger partial charge in [-0.25, -0.2) is 39.9 Å². The van der Waals surface area contributed by atoms with Gasteiger partial charge in [0.15, 0.2) is 45.9 Å². The second kappa shape index (κ2) is 42.7. The molecule has 8 N–H and O–H groups in total. The molecule has 0 aliphatic carbocycles. The number of thiophene rings is 2. The fourth-order valence-corrected chi connectivity index (χ4v) is 20.8. The third-order valence-corrected chi connectivity index (χ3v) is 27.3. The van der Waals surface area contributed by atoms with Crippen molar-refractivity contribution >= 4 is 123 Å². The summed E-state index contributed by atoms with van der Waals surface area (Å²) in [4.78, 5) is 79.4. The number of aryl methyl sites for hydroxylation is 4. The van der Waals surface area contributed by atoms with Gasteiger partial charge in [0.1, 0.15) is 10.0 Å². The number of hydrogen-bond acceptors (Lipinski definition) is 29. The standard InChI is InChI=1S/C25H30N8OS.C24H30N8OS.C20H22N8S.C18H22N8OS.4CH4/c1-17-15-33-20(19-12-27-28-13-19)14-26-24(33)23(29-17)30-21-11-18(16-31-7-5-6-8-31)22(35-21)25(34)32-9-3-2-4-10-32;1-4-31(5-2)24(33)21-17(15-30-8-6-7-9-30)10-20(34-21)29-22-23-25-13-19(18-11-26-27-12-18)32(23)14-16(3)28-22;1-12-10-28-17(13-7-22-23-8-13)9-21-20(28)19(24-12)25-18-6-14(26-29-18)11-27-15-2-3-16(27)5-4-15;1-12-10-26-15(13-7-20-21-8-13)9-19-18(26)17(22-12)23-16-6-14(24-28-16)11-25(2)4-5-27-3;;;;/h11-15H,2-10,16H2,1H3,(H,27,28)(H,29,30);10-14H,4-9,15H2,1-3H3,(H,26,27)(H,28,29);6-10,15-16H,2-5,11H2,1H3,(H,22,23)(H,24,25);6-10H,4-5,11H2,1-3H3,(H,20,21)(H,22,23);4*1H4. The van der Waals surface area contributed by atoms with Crippen molar-refractivity contribution in [2.75, 3.05) is 101 Å². The second-order valence-corrected chi connectivity index (χ2v) is 36.4. The van der Waals surface area contributed by atoms with E-state index < -0.39 is 0 Å². The highest BCUT2D eigenvalue weighted by Gasteiger charge is 2.39. The van der Waals surface area contributed by atoms with Crippen LogP contribution < -0.4 is 21.3 Å². The van der Waals surface area contributed by atoms with Crippen molar-refractivity contribution in [1.29, 1.82) is 0 Å². The first-order valence-corrected chi connectivity index (χ1v) is 46.4. The van der Waals surface area contributed by atoms with E-state index in [0.717, 1.165) is 245 Å². The first-order valence-electron chi connectivity index (χ1n) is 43.2. The minimum absolute atomic E-state index is 0. The predicted molar refractivity (Wildman–Crippen MR) is 520 cm³/mol. The maximum absolute atomic E-state index is 13.5. The zero-order valence-corrected chi connectivity index (χ0v) is 75.2. The number of aromatic amines is 4. The minimum Gasteiger partial charge on any atom is -0.383 e. The van der Waals surface area contributed by atoms with Gasteiger partial charge in [-0.05, 0) is 204 Å². The third kappa shape index (κ3) is 21.0. The molecule has 2 amide bonds. The molecule has 0 unspecified atom stereocenters. The number of hydrogen-bond donors (Lipinski definition) is 8. The molecule has 21 heterocycles. The van der Waals surface area contributed by atoms with E-state index in [1.54, 1.807) is 31.9 Å². The number of rotatable bonds is 27. The quantitative estimate of drug-likeness (QED) is 0.0237. The van der Waals surface area contributed by atoms with Crippen LogP contribution in [0, 0.1) is 27.7 Å². The Bertz CT molecular complexity index is 6330. The smallest absolute Gasteiger partial charge is 0.264 e.